The van der Waals surface area contributed by atoms with Gasteiger partial charge >= 0.3 is 0 Å². The molecular weight excluding hydrogens is 548 g/mol. The average Bonchev–Trinajstić information content (AvgIpc) is 3.32. The van der Waals surface area contributed by atoms with Crippen LogP contribution >= 0.6 is 24.2 Å². The largest absolute Gasteiger partial charge is 0.474 e. The maximum Gasteiger partial charge on any atom is 0.291 e. The van der Waals surface area contributed by atoms with Crippen LogP contribution in [0.25, 0.3) is 0 Å². The number of nitrogens with zero attached hydrogens (tertiary/aromatic N) is 1. The molecule has 8 nitrogen and oxygen atoms in total. The molecule has 6 rings (SSSR count). The van der Waals surface area contributed by atoms with E-state index in [0.717, 1.165) is 37.6 Å². The summed E-state index contributed by atoms with van der Waals surface area (Å²) >= 11 is 1.67. The lowest BCUT2D eigenvalue weighted by molar-refractivity contribution is -0.130. The summed E-state index contributed by atoms with van der Waals surface area (Å²) in [5.74, 6) is 3.31. The highest BCUT2D eigenvalue weighted by atomic mass is 35.5. The summed E-state index contributed by atoms with van der Waals surface area (Å²) < 4.78 is 11.7. The summed E-state index contributed by atoms with van der Waals surface area (Å²) in [6, 6.07) is 0.244. The number of halogens is 1. The van der Waals surface area contributed by atoms with E-state index in [9.17, 15) is 9.59 Å². The van der Waals surface area contributed by atoms with Gasteiger partial charge in [-0.1, -0.05) is 26.2 Å². The molecular formula is C30H51ClN4O4S. The van der Waals surface area contributed by atoms with Gasteiger partial charge in [-0.25, -0.2) is 0 Å². The summed E-state index contributed by atoms with van der Waals surface area (Å²) in [4.78, 5) is 26.7. The predicted octanol–water partition coefficient (Wildman–Crippen LogP) is 5.97. The normalized spacial score (nSPS) is 27.3. The van der Waals surface area contributed by atoms with Crippen molar-refractivity contribution in [3.05, 3.63) is 5.76 Å². The van der Waals surface area contributed by atoms with E-state index in [1.54, 1.807) is 11.8 Å². The van der Waals surface area contributed by atoms with Crippen molar-refractivity contribution in [3.8, 4) is 5.88 Å². The number of carbonyl (C=O) groups excluding carboxylic acids is 2. The third-order valence-electron chi connectivity index (χ3n) is 9.00. The van der Waals surface area contributed by atoms with E-state index >= 15 is 0 Å². The van der Waals surface area contributed by atoms with Crippen molar-refractivity contribution in [3.63, 3.8) is 0 Å². The quantitative estimate of drug-likeness (QED) is 0.303. The van der Waals surface area contributed by atoms with E-state index < -0.39 is 5.41 Å². The van der Waals surface area contributed by atoms with Crippen LogP contribution in [0.1, 0.15) is 109 Å². The van der Waals surface area contributed by atoms with Crippen molar-refractivity contribution in [2.45, 2.75) is 115 Å². The maximum absolute atomic E-state index is 13.5. The highest BCUT2D eigenvalue weighted by molar-refractivity contribution is 8.00. The number of amides is 2. The van der Waals surface area contributed by atoms with E-state index in [-0.39, 0.29) is 42.6 Å². The zero-order valence-corrected chi connectivity index (χ0v) is 26.5. The maximum atomic E-state index is 13.5. The SMILES string of the molecule is CCCN.CCNC(=O)C(C)(C)COc1noc(C(=O)NC2C3CC4CC(C3)CC2C4)c1SC1CCCCC1.Cl. The topological polar surface area (TPSA) is 119 Å². The van der Waals surface area contributed by atoms with E-state index in [2.05, 4.69) is 22.7 Å². The Labute approximate surface area is 250 Å². The summed E-state index contributed by atoms with van der Waals surface area (Å²) in [5.41, 5.74) is 4.31. The minimum absolute atomic E-state index is 0. The minimum atomic E-state index is -0.718. The van der Waals surface area contributed by atoms with E-state index in [0.29, 0.717) is 34.4 Å². The molecule has 0 aromatic carbocycles. The van der Waals surface area contributed by atoms with Crippen LogP contribution in [-0.2, 0) is 4.79 Å². The molecule has 0 saturated heterocycles. The van der Waals surface area contributed by atoms with Crippen LogP contribution in [0, 0.1) is 29.1 Å². The van der Waals surface area contributed by atoms with E-state index in [4.69, 9.17) is 15.0 Å². The molecule has 2 amide bonds. The summed E-state index contributed by atoms with van der Waals surface area (Å²) in [6.07, 6.45) is 13.4. The molecule has 5 saturated carbocycles. The van der Waals surface area contributed by atoms with Crippen molar-refractivity contribution in [2.75, 3.05) is 19.7 Å². The molecule has 1 aromatic heterocycles. The van der Waals surface area contributed by atoms with Crippen LogP contribution in [0.2, 0.25) is 0 Å². The number of ether oxygens (including phenoxy) is 1. The Hall–Kier alpha value is -1.45. The van der Waals surface area contributed by atoms with Gasteiger partial charge in [0.1, 0.15) is 11.5 Å². The van der Waals surface area contributed by atoms with E-state index in [1.807, 2.05) is 20.8 Å². The number of rotatable bonds is 10. The highest BCUT2D eigenvalue weighted by Crippen LogP contribution is 2.54. The number of aromatic nitrogens is 1. The Morgan fingerprint density at radius 2 is 1.65 bits per heavy atom. The lowest BCUT2D eigenvalue weighted by atomic mass is 9.54. The summed E-state index contributed by atoms with van der Waals surface area (Å²) in [7, 11) is 0. The lowest BCUT2D eigenvalue weighted by Gasteiger charge is -2.54. The Bertz CT molecular complexity index is 936. The van der Waals surface area contributed by atoms with Crippen molar-refractivity contribution in [1.29, 1.82) is 0 Å². The van der Waals surface area contributed by atoms with Crippen molar-refractivity contribution in [1.82, 2.24) is 15.8 Å². The first-order valence-electron chi connectivity index (χ1n) is 15.3. The molecule has 4 bridgehead atoms. The van der Waals surface area contributed by atoms with Gasteiger partial charge in [-0.2, -0.15) is 0 Å². The fraction of sp³-hybridized carbons (Fsp3) is 0.833. The van der Waals surface area contributed by atoms with Gasteiger partial charge in [0.15, 0.2) is 0 Å². The smallest absolute Gasteiger partial charge is 0.291 e. The molecule has 0 radical (unpaired) electrons. The van der Waals surface area contributed by atoms with Gasteiger partial charge in [0.25, 0.3) is 11.8 Å². The van der Waals surface area contributed by atoms with Crippen LogP contribution < -0.4 is 21.1 Å². The molecule has 5 aliphatic rings. The Morgan fingerprint density at radius 1 is 1.05 bits per heavy atom. The number of hydrogen-bond donors (Lipinski definition) is 3. The van der Waals surface area contributed by atoms with Crippen molar-refractivity contribution in [2.24, 2.45) is 34.8 Å². The molecule has 40 heavy (non-hydrogen) atoms. The molecule has 0 unspecified atom stereocenters. The summed E-state index contributed by atoms with van der Waals surface area (Å²) in [5, 5.41) is 10.8. The second-order valence-electron chi connectivity index (χ2n) is 12.8. The second kappa shape index (κ2) is 15.1. The molecule has 0 atom stereocenters. The van der Waals surface area contributed by atoms with E-state index in [1.165, 1.54) is 51.4 Å². The monoisotopic (exact) mass is 598 g/mol. The third kappa shape index (κ3) is 8.09. The van der Waals surface area contributed by atoms with Crippen LogP contribution in [0.15, 0.2) is 9.42 Å². The number of nitrogens with one attached hydrogen (secondary N) is 2. The Kier molecular flexibility index (Phi) is 12.5. The van der Waals surface area contributed by atoms with Gasteiger partial charge in [0.05, 0.1) is 5.41 Å². The van der Waals surface area contributed by atoms with Gasteiger partial charge in [0.2, 0.25) is 11.7 Å². The molecule has 5 aliphatic carbocycles. The number of thioether (sulfide) groups is 1. The third-order valence-corrected chi connectivity index (χ3v) is 10.4. The second-order valence-corrected chi connectivity index (χ2v) is 14.1. The fourth-order valence-electron chi connectivity index (χ4n) is 7.05. The minimum Gasteiger partial charge on any atom is -0.474 e. The molecule has 0 aliphatic heterocycles. The molecule has 228 valence electrons. The zero-order chi connectivity index (χ0) is 28.0. The molecule has 1 heterocycles. The first-order chi connectivity index (χ1) is 18.7. The first-order valence-corrected chi connectivity index (χ1v) is 16.2. The number of hydrogen-bond acceptors (Lipinski definition) is 7. The molecule has 10 heteroatoms. The van der Waals surface area contributed by atoms with Gasteiger partial charge in [0, 0.05) is 17.8 Å². The lowest BCUT2D eigenvalue weighted by Crippen LogP contribution is -2.55. The molecule has 1 aromatic rings. The number of carbonyl (C=O) groups is 2. The Balaban J connectivity index is 0.000000828. The molecule has 5 fully saturated rings. The fourth-order valence-corrected chi connectivity index (χ4v) is 8.39. The van der Waals surface area contributed by atoms with Gasteiger partial charge in [-0.3, -0.25) is 9.59 Å². The zero-order valence-electron chi connectivity index (χ0n) is 24.8. The van der Waals surface area contributed by atoms with Crippen LogP contribution in [0.3, 0.4) is 0 Å². The summed E-state index contributed by atoms with van der Waals surface area (Å²) in [6.45, 7) is 9.22. The van der Waals surface area contributed by atoms with Crippen LogP contribution in [-0.4, -0.2) is 48.0 Å². The molecule has 0 spiro atoms. The van der Waals surface area contributed by atoms with Crippen LogP contribution in [0.4, 0.5) is 0 Å². The van der Waals surface area contributed by atoms with Crippen molar-refractivity contribution >= 4 is 36.0 Å². The first kappa shape index (κ1) is 33.1. The van der Waals surface area contributed by atoms with Crippen LogP contribution in [0.5, 0.6) is 5.88 Å². The van der Waals surface area contributed by atoms with Gasteiger partial charge < -0.3 is 25.6 Å². The molecule has 4 N–H and O–H groups in total. The van der Waals surface area contributed by atoms with Gasteiger partial charge in [-0.05, 0) is 108 Å². The standard InChI is InChI=1S/C27H41N3O4S.C3H9N.ClH/c1-4-28-26(32)27(2,3)15-33-25-23(35-20-8-6-5-7-9-20)22(34-30-25)24(31)29-21-18-11-16-10-17(13-18)14-19(21)12-16;1-2-3-4;/h16-21H,4-15H2,1-3H3,(H,28,32)(H,29,31);2-4H2,1H3;1H. The van der Waals surface area contributed by atoms with Gasteiger partial charge in [-0.15, -0.1) is 24.2 Å². The number of nitrogens with two attached hydrogens (primary N) is 1. The van der Waals surface area contributed by atoms with Crippen molar-refractivity contribution < 1.29 is 18.8 Å². The Morgan fingerprint density at radius 3 is 2.20 bits per heavy atom. The predicted molar refractivity (Wildman–Crippen MR) is 162 cm³/mol. The highest BCUT2D eigenvalue weighted by Gasteiger charge is 2.49. The average molecular weight is 599 g/mol.